The summed E-state index contributed by atoms with van der Waals surface area (Å²) in [6, 6.07) is 11.4. The van der Waals surface area contributed by atoms with Crippen molar-refractivity contribution >= 4 is 23.4 Å². The van der Waals surface area contributed by atoms with E-state index in [4.69, 9.17) is 4.74 Å². The topological polar surface area (TPSA) is 125 Å². The van der Waals surface area contributed by atoms with Crippen LogP contribution >= 0.6 is 0 Å². The van der Waals surface area contributed by atoms with Crippen molar-refractivity contribution in [3.8, 4) is 17.6 Å². The number of phenolic OH excluding ortho intramolecular Hbond substituents is 1. The Hall–Kier alpha value is -3.86. The summed E-state index contributed by atoms with van der Waals surface area (Å²) in [6.45, 7) is 3.85. The second-order valence-electron chi connectivity index (χ2n) is 5.75. The minimum atomic E-state index is -0.767. The Morgan fingerprint density at radius 3 is 2.54 bits per heavy atom. The highest BCUT2D eigenvalue weighted by Gasteiger charge is 2.20. The van der Waals surface area contributed by atoms with Crippen molar-refractivity contribution in [3.63, 3.8) is 0 Å². The molecular weight excluding hydrogens is 362 g/mol. The van der Waals surface area contributed by atoms with Gasteiger partial charge in [0, 0.05) is 11.8 Å². The van der Waals surface area contributed by atoms with Crippen molar-refractivity contribution in [1.82, 2.24) is 0 Å². The third-order valence-corrected chi connectivity index (χ3v) is 3.87. The predicted octanol–water partition coefficient (Wildman–Crippen LogP) is 3.81. The molecule has 1 amide bonds. The first-order valence-electron chi connectivity index (χ1n) is 8.55. The molecule has 0 saturated carbocycles. The van der Waals surface area contributed by atoms with Crippen LogP contribution in [0.4, 0.5) is 11.4 Å². The number of ether oxygens (including phenoxy) is 1. The number of amides is 1. The van der Waals surface area contributed by atoms with Crippen LogP contribution in [0.25, 0.3) is 6.08 Å². The molecule has 0 radical (unpaired) electrons. The number of carbonyl (C=O) groups excluding carboxylic acids is 1. The molecule has 28 heavy (non-hydrogen) atoms. The van der Waals surface area contributed by atoms with Crippen LogP contribution in [0.15, 0.2) is 42.0 Å². The number of rotatable bonds is 7. The molecule has 8 nitrogen and oxygen atoms in total. The van der Waals surface area contributed by atoms with Gasteiger partial charge in [0.2, 0.25) is 5.75 Å². The van der Waals surface area contributed by atoms with Crippen molar-refractivity contribution < 1.29 is 19.6 Å². The average Bonchev–Trinajstić information content (AvgIpc) is 2.68. The number of nitriles is 1. The second-order valence-corrected chi connectivity index (χ2v) is 5.75. The van der Waals surface area contributed by atoms with E-state index in [1.54, 1.807) is 25.1 Å². The van der Waals surface area contributed by atoms with Gasteiger partial charge in [0.25, 0.3) is 5.91 Å². The Kier molecular flexibility index (Phi) is 6.71. The van der Waals surface area contributed by atoms with Crippen molar-refractivity contribution in [1.29, 1.82) is 5.26 Å². The molecule has 0 aliphatic rings. The average molecular weight is 381 g/mol. The van der Waals surface area contributed by atoms with Crippen LogP contribution in [0.3, 0.4) is 0 Å². The summed E-state index contributed by atoms with van der Waals surface area (Å²) in [6.07, 6.45) is 2.06. The minimum absolute atomic E-state index is 0.101. The third-order valence-electron chi connectivity index (χ3n) is 3.87. The fraction of sp³-hybridized carbons (Fsp3) is 0.200. The molecule has 2 rings (SSSR count). The predicted molar refractivity (Wildman–Crippen MR) is 104 cm³/mol. The van der Waals surface area contributed by atoms with Gasteiger partial charge in [-0.05, 0) is 48.7 Å². The van der Waals surface area contributed by atoms with Gasteiger partial charge in [-0.15, -0.1) is 0 Å². The fourth-order valence-corrected chi connectivity index (χ4v) is 2.44. The van der Waals surface area contributed by atoms with Gasteiger partial charge in [0.15, 0.2) is 5.75 Å². The van der Waals surface area contributed by atoms with E-state index in [1.807, 2.05) is 19.1 Å². The molecular formula is C20H19N3O5. The van der Waals surface area contributed by atoms with Gasteiger partial charge in [0.1, 0.15) is 11.6 Å². The second kappa shape index (κ2) is 9.19. The number of hydrogen-bond donors (Lipinski definition) is 2. The van der Waals surface area contributed by atoms with E-state index < -0.39 is 22.3 Å². The van der Waals surface area contributed by atoms with Crippen LogP contribution in [0.2, 0.25) is 0 Å². The lowest BCUT2D eigenvalue weighted by Crippen LogP contribution is -2.13. The number of phenols is 1. The van der Waals surface area contributed by atoms with Gasteiger partial charge in [-0.2, -0.15) is 5.26 Å². The van der Waals surface area contributed by atoms with Crippen LogP contribution < -0.4 is 10.1 Å². The Morgan fingerprint density at radius 2 is 2.00 bits per heavy atom. The van der Waals surface area contributed by atoms with E-state index >= 15 is 0 Å². The maximum atomic E-state index is 12.4. The first-order chi connectivity index (χ1) is 13.4. The molecule has 0 atom stereocenters. The number of nitrogens with zero attached hydrogens (tertiary/aromatic N) is 2. The normalized spacial score (nSPS) is 10.8. The van der Waals surface area contributed by atoms with Gasteiger partial charge in [-0.3, -0.25) is 14.9 Å². The summed E-state index contributed by atoms with van der Waals surface area (Å²) in [7, 11) is 0. The van der Waals surface area contributed by atoms with Gasteiger partial charge in [0.05, 0.1) is 11.5 Å². The Balaban J connectivity index is 2.35. The summed E-state index contributed by atoms with van der Waals surface area (Å²) in [5.74, 6) is -1.36. The summed E-state index contributed by atoms with van der Waals surface area (Å²) >= 11 is 0. The highest BCUT2D eigenvalue weighted by molar-refractivity contribution is 6.09. The van der Waals surface area contributed by atoms with Crippen LogP contribution in [0, 0.1) is 21.4 Å². The van der Waals surface area contributed by atoms with Crippen molar-refractivity contribution in [2.24, 2.45) is 0 Å². The molecule has 8 heteroatoms. The monoisotopic (exact) mass is 381 g/mol. The van der Waals surface area contributed by atoms with E-state index in [0.717, 1.165) is 18.1 Å². The number of aromatic hydroxyl groups is 1. The summed E-state index contributed by atoms with van der Waals surface area (Å²) < 4.78 is 5.19. The number of carbonyl (C=O) groups is 1. The molecule has 2 aromatic rings. The van der Waals surface area contributed by atoms with Crippen LogP contribution in [0.1, 0.15) is 25.0 Å². The van der Waals surface area contributed by atoms with Crippen molar-refractivity contribution in [3.05, 3.63) is 63.2 Å². The van der Waals surface area contributed by atoms with E-state index in [9.17, 15) is 25.3 Å². The molecule has 0 spiro atoms. The van der Waals surface area contributed by atoms with Crippen LogP contribution in [0.5, 0.6) is 11.5 Å². The molecule has 0 aliphatic carbocycles. The molecule has 0 aromatic heterocycles. The van der Waals surface area contributed by atoms with Crippen molar-refractivity contribution in [2.45, 2.75) is 20.3 Å². The first kappa shape index (κ1) is 20.5. The van der Waals surface area contributed by atoms with Crippen molar-refractivity contribution in [2.75, 3.05) is 11.9 Å². The SMILES string of the molecule is CCOc1cc(/C=C(\C#N)C(=O)Nc2ccc(CC)cc2)cc([N+](=O)[O-])c1O. The Labute approximate surface area is 161 Å². The molecule has 0 bridgehead atoms. The Bertz CT molecular complexity index is 959. The first-order valence-corrected chi connectivity index (χ1v) is 8.55. The molecule has 0 unspecified atom stereocenters. The quantitative estimate of drug-likeness (QED) is 0.325. The molecule has 0 saturated heterocycles. The highest BCUT2D eigenvalue weighted by atomic mass is 16.6. The Morgan fingerprint density at radius 1 is 1.32 bits per heavy atom. The zero-order valence-corrected chi connectivity index (χ0v) is 15.4. The number of nitro benzene ring substituents is 1. The maximum Gasteiger partial charge on any atom is 0.315 e. The summed E-state index contributed by atoms with van der Waals surface area (Å²) in [4.78, 5) is 22.8. The minimum Gasteiger partial charge on any atom is -0.500 e. The highest BCUT2D eigenvalue weighted by Crippen LogP contribution is 2.37. The lowest BCUT2D eigenvalue weighted by molar-refractivity contribution is -0.386. The molecule has 0 aliphatic heterocycles. The third kappa shape index (κ3) is 4.86. The summed E-state index contributed by atoms with van der Waals surface area (Å²) in [5.41, 5.74) is 0.983. The standard InChI is InChI=1S/C20H19N3O5/c1-3-13-5-7-16(8-6-13)22-20(25)15(12-21)9-14-10-17(23(26)27)19(24)18(11-14)28-4-2/h5-11,24H,3-4H2,1-2H3,(H,22,25)/b15-9+. The number of nitro groups is 1. The molecule has 0 heterocycles. The van der Waals surface area contributed by atoms with Gasteiger partial charge < -0.3 is 15.2 Å². The number of benzene rings is 2. The lowest BCUT2D eigenvalue weighted by atomic mass is 10.1. The number of nitrogens with one attached hydrogen (secondary N) is 1. The van der Waals surface area contributed by atoms with Crippen LogP contribution in [-0.4, -0.2) is 22.5 Å². The number of anilines is 1. The van der Waals surface area contributed by atoms with Gasteiger partial charge in [-0.1, -0.05) is 19.1 Å². The number of aryl methyl sites for hydroxylation is 1. The molecule has 2 N–H and O–H groups in total. The largest absolute Gasteiger partial charge is 0.500 e. The van der Waals surface area contributed by atoms with E-state index in [0.29, 0.717) is 5.69 Å². The molecule has 0 fully saturated rings. The molecule has 144 valence electrons. The zero-order valence-electron chi connectivity index (χ0n) is 15.4. The smallest absolute Gasteiger partial charge is 0.315 e. The van der Waals surface area contributed by atoms with E-state index in [1.165, 1.54) is 12.1 Å². The van der Waals surface area contributed by atoms with E-state index in [-0.39, 0.29) is 23.5 Å². The van der Waals surface area contributed by atoms with Crippen LogP contribution in [-0.2, 0) is 11.2 Å². The zero-order chi connectivity index (χ0) is 20.7. The van der Waals surface area contributed by atoms with Gasteiger partial charge in [-0.25, -0.2) is 0 Å². The fourth-order valence-electron chi connectivity index (χ4n) is 2.44. The lowest BCUT2D eigenvalue weighted by Gasteiger charge is -2.08. The van der Waals surface area contributed by atoms with E-state index in [2.05, 4.69) is 5.32 Å². The van der Waals surface area contributed by atoms with Gasteiger partial charge >= 0.3 is 5.69 Å². The number of hydrogen-bond acceptors (Lipinski definition) is 6. The molecule has 2 aromatic carbocycles. The maximum absolute atomic E-state index is 12.4. The summed E-state index contributed by atoms with van der Waals surface area (Å²) in [5, 5.41) is 33.0.